The van der Waals surface area contributed by atoms with Crippen LogP contribution in [0.5, 0.6) is 0 Å². The molecular weight excluding hydrogens is 464 g/mol. The van der Waals surface area contributed by atoms with Crippen molar-refractivity contribution in [2.45, 2.75) is 113 Å². The lowest BCUT2D eigenvalue weighted by molar-refractivity contribution is -0.211. The van der Waals surface area contributed by atoms with Crippen molar-refractivity contribution in [1.29, 1.82) is 0 Å². The van der Waals surface area contributed by atoms with Crippen LogP contribution >= 0.6 is 0 Å². The van der Waals surface area contributed by atoms with Gasteiger partial charge in [0.1, 0.15) is 11.9 Å². The predicted molar refractivity (Wildman–Crippen MR) is 143 cm³/mol. The fraction of sp³-hybridized carbons (Fsp3) is 0.875. The van der Waals surface area contributed by atoms with Gasteiger partial charge < -0.3 is 14.9 Å². The van der Waals surface area contributed by atoms with E-state index in [4.69, 9.17) is 4.74 Å². The molecule has 0 saturated heterocycles. The summed E-state index contributed by atoms with van der Waals surface area (Å²) in [5.41, 5.74) is 0.147. The van der Waals surface area contributed by atoms with Crippen LogP contribution in [0.3, 0.4) is 0 Å². The predicted octanol–water partition coefficient (Wildman–Crippen LogP) is 5.72. The van der Waals surface area contributed by atoms with Crippen LogP contribution in [0.4, 0.5) is 0 Å². The number of Topliss-reactive ketones (excluding diaryl/α,β-unsaturated/α-hetero) is 1. The highest BCUT2D eigenvalue weighted by molar-refractivity contribution is 5.85. The van der Waals surface area contributed by atoms with Crippen LogP contribution in [0.25, 0.3) is 0 Å². The van der Waals surface area contributed by atoms with Crippen molar-refractivity contribution in [2.24, 2.45) is 56.7 Å². The van der Waals surface area contributed by atoms with E-state index >= 15 is 0 Å². The van der Waals surface area contributed by atoms with Gasteiger partial charge in [0.2, 0.25) is 0 Å². The maximum Gasteiger partial charge on any atom is 0.302 e. The zero-order valence-electron chi connectivity index (χ0n) is 24.4. The molecule has 4 saturated carbocycles. The number of hydrogen-bond acceptors (Lipinski definition) is 5. The third-order valence-corrected chi connectivity index (χ3v) is 13.3. The number of aliphatic hydroxyl groups excluding tert-OH is 2. The Morgan fingerprint density at radius 2 is 1.76 bits per heavy atom. The third-order valence-electron chi connectivity index (χ3n) is 13.3. The summed E-state index contributed by atoms with van der Waals surface area (Å²) in [4.78, 5) is 25.2. The Morgan fingerprint density at radius 3 is 2.35 bits per heavy atom. The van der Waals surface area contributed by atoms with E-state index < -0.39 is 11.5 Å². The normalized spacial score (nSPS) is 50.5. The summed E-state index contributed by atoms with van der Waals surface area (Å²) < 4.78 is 6.08. The fourth-order valence-electron chi connectivity index (χ4n) is 11.3. The number of rotatable bonds is 3. The molecule has 0 aromatic carbocycles. The molecule has 5 nitrogen and oxygen atoms in total. The highest BCUT2D eigenvalue weighted by Gasteiger charge is 2.73. The zero-order valence-corrected chi connectivity index (χ0v) is 24.4. The molecule has 5 aliphatic carbocycles. The molecule has 2 N–H and O–H groups in total. The second-order valence-corrected chi connectivity index (χ2v) is 15.2. The Labute approximate surface area is 223 Å². The van der Waals surface area contributed by atoms with Crippen LogP contribution in [0.15, 0.2) is 11.6 Å². The van der Waals surface area contributed by atoms with Gasteiger partial charge >= 0.3 is 5.97 Å². The Kier molecular flexibility index (Phi) is 6.21. The quantitative estimate of drug-likeness (QED) is 0.372. The Hall–Kier alpha value is -1.20. The van der Waals surface area contributed by atoms with Gasteiger partial charge in [-0.1, -0.05) is 60.1 Å². The summed E-state index contributed by atoms with van der Waals surface area (Å²) >= 11 is 0. The number of ketones is 1. The number of hydrogen-bond donors (Lipinski definition) is 2. The number of allylic oxidation sites excluding steroid dienone is 1. The molecule has 4 fully saturated rings. The highest BCUT2D eigenvalue weighted by Crippen LogP contribution is 2.76. The summed E-state index contributed by atoms with van der Waals surface area (Å²) in [5, 5.41) is 23.0. The summed E-state index contributed by atoms with van der Waals surface area (Å²) in [7, 11) is 0. The van der Waals surface area contributed by atoms with Crippen LogP contribution in [0.2, 0.25) is 0 Å². The minimum atomic E-state index is -0.504. The van der Waals surface area contributed by atoms with E-state index in [2.05, 4.69) is 54.5 Å². The van der Waals surface area contributed by atoms with Crippen molar-refractivity contribution < 1.29 is 24.5 Å². The van der Waals surface area contributed by atoms with Crippen LogP contribution < -0.4 is 0 Å². The second kappa shape index (κ2) is 8.40. The van der Waals surface area contributed by atoms with Gasteiger partial charge in [0.25, 0.3) is 0 Å². The van der Waals surface area contributed by atoms with Gasteiger partial charge in [-0.25, -0.2) is 0 Å². The van der Waals surface area contributed by atoms with Gasteiger partial charge in [0.05, 0.1) is 6.10 Å². The molecule has 0 bridgehead atoms. The van der Waals surface area contributed by atoms with Crippen molar-refractivity contribution >= 4 is 11.8 Å². The zero-order chi connectivity index (χ0) is 27.3. The number of ether oxygens (including phenoxy) is 1. The van der Waals surface area contributed by atoms with Gasteiger partial charge in [-0.05, 0) is 72.5 Å². The maximum atomic E-state index is 13.0. The van der Waals surface area contributed by atoms with E-state index in [1.165, 1.54) is 12.5 Å². The Balaban J connectivity index is 1.65. The first-order valence-corrected chi connectivity index (χ1v) is 14.8. The first kappa shape index (κ1) is 27.4. The van der Waals surface area contributed by atoms with E-state index in [0.29, 0.717) is 30.5 Å². The molecule has 37 heavy (non-hydrogen) atoms. The monoisotopic (exact) mass is 514 g/mol. The standard InChI is InChI=1S/C32H50O5/c1-18(2)21-15-23(37-19(3)34)27-31(8)12-9-20-26(30(31,7)13-14-32(21,27)17-33)22(35)16-24-28(4,5)25(36)10-11-29(20,24)6/h9,18,21-24,26-27,33,35H,10-17H2,1-8H3/t21-,22-,23+,24-,26-,27+,29+,30-,31+,32+/m0/s1. The van der Waals surface area contributed by atoms with E-state index in [9.17, 15) is 19.8 Å². The first-order chi connectivity index (χ1) is 17.1. The van der Waals surface area contributed by atoms with Crippen LogP contribution in [-0.2, 0) is 14.3 Å². The molecule has 5 aliphatic rings. The molecule has 0 spiro atoms. The average Bonchev–Trinajstić information content (AvgIpc) is 3.14. The highest BCUT2D eigenvalue weighted by atomic mass is 16.5. The molecule has 5 rings (SSSR count). The molecular formula is C32H50O5. The minimum absolute atomic E-state index is 0.0178. The van der Waals surface area contributed by atoms with Crippen molar-refractivity contribution in [3.63, 3.8) is 0 Å². The molecule has 0 radical (unpaired) electrons. The van der Waals surface area contributed by atoms with Gasteiger partial charge in [-0.2, -0.15) is 0 Å². The topological polar surface area (TPSA) is 83.8 Å². The largest absolute Gasteiger partial charge is 0.462 e. The summed E-state index contributed by atoms with van der Waals surface area (Å²) in [6, 6.07) is 0. The van der Waals surface area contributed by atoms with Crippen LogP contribution in [-0.4, -0.2) is 40.8 Å². The second-order valence-electron chi connectivity index (χ2n) is 15.2. The molecule has 0 unspecified atom stereocenters. The smallest absolute Gasteiger partial charge is 0.302 e. The van der Waals surface area contributed by atoms with Gasteiger partial charge in [0.15, 0.2) is 0 Å². The lowest BCUT2D eigenvalue weighted by Crippen LogP contribution is -2.66. The molecule has 0 aromatic rings. The SMILES string of the molecule is CC(=O)O[C@@H]1C[C@@H](C(C)C)[C@]2(CO)CC[C@@]3(C)[C@H]4C(=CC[C@]3(C)[C@@H]12)[C@@]1(C)CCC(=O)C(C)(C)[C@@H]1C[C@@H]4O. The van der Waals surface area contributed by atoms with Gasteiger partial charge in [-0.15, -0.1) is 0 Å². The molecule has 10 atom stereocenters. The first-order valence-electron chi connectivity index (χ1n) is 14.8. The Bertz CT molecular complexity index is 1010. The molecule has 0 aromatic heterocycles. The summed E-state index contributed by atoms with van der Waals surface area (Å²) in [6.45, 7) is 17.4. The van der Waals surface area contributed by atoms with Crippen molar-refractivity contribution in [3.05, 3.63) is 11.6 Å². The fourth-order valence-corrected chi connectivity index (χ4v) is 11.3. The van der Waals surface area contributed by atoms with E-state index in [0.717, 1.165) is 32.1 Å². The minimum Gasteiger partial charge on any atom is -0.462 e. The third kappa shape index (κ3) is 3.34. The molecule has 0 aliphatic heterocycles. The molecule has 208 valence electrons. The number of carbonyl (C=O) groups is 2. The van der Waals surface area contributed by atoms with Crippen molar-refractivity contribution in [3.8, 4) is 0 Å². The van der Waals surface area contributed by atoms with Gasteiger partial charge in [0, 0.05) is 42.6 Å². The van der Waals surface area contributed by atoms with Crippen LogP contribution in [0.1, 0.15) is 100 Å². The number of carbonyl (C=O) groups excluding carboxylic acids is 2. The lowest BCUT2D eigenvalue weighted by atomic mass is 9.35. The molecule has 0 amide bonds. The van der Waals surface area contributed by atoms with E-state index in [1.807, 2.05) is 0 Å². The van der Waals surface area contributed by atoms with Crippen molar-refractivity contribution in [2.75, 3.05) is 6.61 Å². The van der Waals surface area contributed by atoms with Crippen LogP contribution in [0, 0.1) is 56.7 Å². The Morgan fingerprint density at radius 1 is 1.08 bits per heavy atom. The van der Waals surface area contributed by atoms with E-state index in [-0.39, 0.29) is 58.1 Å². The lowest BCUT2D eigenvalue weighted by Gasteiger charge is -2.69. The summed E-state index contributed by atoms with van der Waals surface area (Å²) in [5.74, 6) is 0.961. The van der Waals surface area contributed by atoms with Gasteiger partial charge in [-0.3, -0.25) is 9.59 Å². The average molecular weight is 515 g/mol. The number of fused-ring (bicyclic) bond motifs is 7. The van der Waals surface area contributed by atoms with Crippen molar-refractivity contribution in [1.82, 2.24) is 0 Å². The molecule has 5 heteroatoms. The molecule has 0 heterocycles. The maximum absolute atomic E-state index is 13.0. The number of esters is 1. The number of aliphatic hydroxyl groups is 2. The van der Waals surface area contributed by atoms with E-state index in [1.54, 1.807) is 0 Å². The summed E-state index contributed by atoms with van der Waals surface area (Å²) in [6.07, 6.45) is 7.31.